The smallest absolute Gasteiger partial charge is 0.279 e. The lowest BCUT2D eigenvalue weighted by atomic mass is 10.4. The van der Waals surface area contributed by atoms with Crippen molar-refractivity contribution in [3.05, 3.63) is 0 Å². The highest BCUT2D eigenvalue weighted by Crippen LogP contribution is 2.28. The number of piperazine rings is 1. The van der Waals surface area contributed by atoms with Crippen LogP contribution < -0.4 is 10.0 Å². The van der Waals surface area contributed by atoms with Gasteiger partial charge in [-0.3, -0.25) is 0 Å². The van der Waals surface area contributed by atoms with Crippen LogP contribution in [0.2, 0.25) is 0 Å². The van der Waals surface area contributed by atoms with Crippen molar-refractivity contribution in [2.24, 2.45) is 5.92 Å². The van der Waals surface area contributed by atoms with E-state index < -0.39 is 10.2 Å². The molecule has 1 heterocycles. The van der Waals surface area contributed by atoms with E-state index in [1.54, 1.807) is 0 Å². The molecular weight excluding hydrogens is 254 g/mol. The summed E-state index contributed by atoms with van der Waals surface area (Å²) in [5.74, 6) is 0.766. The van der Waals surface area contributed by atoms with Gasteiger partial charge in [0.15, 0.2) is 0 Å². The van der Waals surface area contributed by atoms with Crippen molar-refractivity contribution in [3.8, 4) is 0 Å². The van der Waals surface area contributed by atoms with Crippen molar-refractivity contribution in [2.75, 3.05) is 45.9 Å². The highest BCUT2D eigenvalue weighted by molar-refractivity contribution is 7.87. The van der Waals surface area contributed by atoms with E-state index in [9.17, 15) is 8.42 Å². The first-order valence-corrected chi connectivity index (χ1v) is 8.16. The fourth-order valence-electron chi connectivity index (χ4n) is 1.89. The SMILES string of the molecule is O=S(=O)(NCCCOCC1CC1)N1CCNCC1. The number of nitrogens with one attached hydrogen (secondary N) is 2. The van der Waals surface area contributed by atoms with Crippen molar-refractivity contribution in [2.45, 2.75) is 19.3 Å². The molecule has 0 radical (unpaired) electrons. The van der Waals surface area contributed by atoms with E-state index in [-0.39, 0.29) is 0 Å². The summed E-state index contributed by atoms with van der Waals surface area (Å²) in [6.07, 6.45) is 3.31. The molecule has 0 aromatic rings. The molecule has 1 aliphatic carbocycles. The standard InChI is InChI=1S/C11H23N3O3S/c15-18(16,14-7-5-12-6-8-14)13-4-1-9-17-10-11-2-3-11/h11-13H,1-10H2. The van der Waals surface area contributed by atoms with E-state index in [4.69, 9.17) is 4.74 Å². The van der Waals surface area contributed by atoms with Gasteiger partial charge in [-0.05, 0) is 25.2 Å². The molecule has 106 valence electrons. The van der Waals surface area contributed by atoms with Gasteiger partial charge in [-0.15, -0.1) is 0 Å². The Bertz CT molecular complexity index is 337. The van der Waals surface area contributed by atoms with Crippen LogP contribution in [0.1, 0.15) is 19.3 Å². The summed E-state index contributed by atoms with van der Waals surface area (Å²) in [6.45, 7) is 4.49. The molecule has 2 rings (SSSR count). The number of hydrogen-bond donors (Lipinski definition) is 2. The molecule has 0 atom stereocenters. The van der Waals surface area contributed by atoms with Gasteiger partial charge < -0.3 is 10.1 Å². The molecule has 1 aliphatic heterocycles. The maximum absolute atomic E-state index is 11.9. The molecule has 7 heteroatoms. The van der Waals surface area contributed by atoms with Gasteiger partial charge in [0, 0.05) is 45.9 Å². The van der Waals surface area contributed by atoms with Gasteiger partial charge in [-0.25, -0.2) is 4.72 Å². The predicted octanol–water partition coefficient (Wildman–Crippen LogP) is -0.457. The highest BCUT2D eigenvalue weighted by Gasteiger charge is 2.23. The average molecular weight is 277 g/mol. The second-order valence-electron chi connectivity index (χ2n) is 4.92. The van der Waals surface area contributed by atoms with Crippen molar-refractivity contribution in [1.82, 2.24) is 14.3 Å². The van der Waals surface area contributed by atoms with E-state index in [2.05, 4.69) is 10.0 Å². The molecular formula is C11H23N3O3S. The maximum Gasteiger partial charge on any atom is 0.279 e. The fourth-order valence-corrected chi connectivity index (χ4v) is 3.13. The minimum atomic E-state index is -3.29. The van der Waals surface area contributed by atoms with Gasteiger partial charge in [0.1, 0.15) is 0 Å². The van der Waals surface area contributed by atoms with Crippen molar-refractivity contribution in [3.63, 3.8) is 0 Å². The zero-order valence-electron chi connectivity index (χ0n) is 10.7. The summed E-state index contributed by atoms with van der Waals surface area (Å²) in [7, 11) is -3.29. The number of rotatable bonds is 8. The van der Waals surface area contributed by atoms with Gasteiger partial charge in [-0.1, -0.05) is 0 Å². The van der Waals surface area contributed by atoms with E-state index in [0.717, 1.165) is 32.0 Å². The molecule has 0 bridgehead atoms. The molecule has 0 aromatic carbocycles. The second kappa shape index (κ2) is 6.81. The molecule has 1 saturated carbocycles. The van der Waals surface area contributed by atoms with Gasteiger partial charge in [0.2, 0.25) is 0 Å². The molecule has 18 heavy (non-hydrogen) atoms. The normalized spacial score (nSPS) is 22.2. The molecule has 1 saturated heterocycles. The minimum Gasteiger partial charge on any atom is -0.381 e. The Morgan fingerprint density at radius 1 is 1.28 bits per heavy atom. The fraction of sp³-hybridized carbons (Fsp3) is 1.00. The Labute approximate surface area is 109 Å². The molecule has 6 nitrogen and oxygen atoms in total. The third-order valence-corrected chi connectivity index (χ3v) is 4.83. The molecule has 0 spiro atoms. The molecule has 0 amide bonds. The predicted molar refractivity (Wildman–Crippen MR) is 69.5 cm³/mol. The third kappa shape index (κ3) is 4.81. The first-order chi connectivity index (χ1) is 8.68. The largest absolute Gasteiger partial charge is 0.381 e. The van der Waals surface area contributed by atoms with Gasteiger partial charge in [-0.2, -0.15) is 12.7 Å². The first-order valence-electron chi connectivity index (χ1n) is 6.72. The number of hydrogen-bond acceptors (Lipinski definition) is 4. The molecule has 2 fully saturated rings. The van der Waals surface area contributed by atoms with Crippen LogP contribution in [0.15, 0.2) is 0 Å². The van der Waals surface area contributed by atoms with Crippen LogP contribution in [0, 0.1) is 5.92 Å². The molecule has 2 N–H and O–H groups in total. The van der Waals surface area contributed by atoms with Gasteiger partial charge in [0.25, 0.3) is 10.2 Å². The van der Waals surface area contributed by atoms with Crippen molar-refractivity contribution < 1.29 is 13.2 Å². The first kappa shape index (κ1) is 14.2. The van der Waals surface area contributed by atoms with Crippen LogP contribution in [0.5, 0.6) is 0 Å². The quantitative estimate of drug-likeness (QED) is 0.589. The summed E-state index contributed by atoms with van der Waals surface area (Å²) < 4.78 is 33.3. The highest BCUT2D eigenvalue weighted by atomic mass is 32.2. The second-order valence-corrected chi connectivity index (χ2v) is 6.68. The monoisotopic (exact) mass is 277 g/mol. The summed E-state index contributed by atoms with van der Waals surface area (Å²) in [4.78, 5) is 0. The summed E-state index contributed by atoms with van der Waals surface area (Å²) in [6, 6.07) is 0. The van der Waals surface area contributed by atoms with Crippen LogP contribution >= 0.6 is 0 Å². The average Bonchev–Trinajstić information content (AvgIpc) is 3.19. The van der Waals surface area contributed by atoms with Crippen LogP contribution in [0.3, 0.4) is 0 Å². The number of nitrogens with zero attached hydrogens (tertiary/aromatic N) is 1. The minimum absolute atomic E-state index is 0.455. The molecule has 0 unspecified atom stereocenters. The van der Waals surface area contributed by atoms with Gasteiger partial charge in [0.05, 0.1) is 0 Å². The van der Waals surface area contributed by atoms with Gasteiger partial charge >= 0.3 is 0 Å². The molecule has 0 aromatic heterocycles. The third-order valence-electron chi connectivity index (χ3n) is 3.22. The summed E-state index contributed by atoms with van der Waals surface area (Å²) >= 11 is 0. The van der Waals surface area contributed by atoms with Crippen LogP contribution in [-0.4, -0.2) is 58.7 Å². The van der Waals surface area contributed by atoms with Crippen LogP contribution in [0.25, 0.3) is 0 Å². The topological polar surface area (TPSA) is 70.7 Å². The lowest BCUT2D eigenvalue weighted by molar-refractivity contribution is 0.123. The Morgan fingerprint density at radius 2 is 2.00 bits per heavy atom. The van der Waals surface area contributed by atoms with E-state index in [0.29, 0.717) is 26.2 Å². The maximum atomic E-state index is 11.9. The Hall–Kier alpha value is -0.210. The Morgan fingerprint density at radius 3 is 2.67 bits per heavy atom. The van der Waals surface area contributed by atoms with Crippen LogP contribution in [-0.2, 0) is 14.9 Å². The van der Waals surface area contributed by atoms with Crippen molar-refractivity contribution >= 4 is 10.2 Å². The number of ether oxygens (including phenoxy) is 1. The van der Waals surface area contributed by atoms with Crippen molar-refractivity contribution in [1.29, 1.82) is 0 Å². The summed E-state index contributed by atoms with van der Waals surface area (Å²) in [5, 5.41) is 3.13. The van der Waals surface area contributed by atoms with E-state index in [1.807, 2.05) is 0 Å². The lowest BCUT2D eigenvalue weighted by Gasteiger charge is -2.26. The molecule has 2 aliphatic rings. The van der Waals surface area contributed by atoms with Crippen LogP contribution in [0.4, 0.5) is 0 Å². The zero-order chi connectivity index (χ0) is 12.8. The Kier molecular flexibility index (Phi) is 5.38. The summed E-state index contributed by atoms with van der Waals surface area (Å²) in [5.41, 5.74) is 0. The Balaban J connectivity index is 1.55. The van der Waals surface area contributed by atoms with E-state index >= 15 is 0 Å². The zero-order valence-corrected chi connectivity index (χ0v) is 11.5. The van der Waals surface area contributed by atoms with E-state index in [1.165, 1.54) is 17.1 Å². The lowest BCUT2D eigenvalue weighted by Crippen LogP contribution is -2.50.